The number of pyridine rings is 1. The Morgan fingerprint density at radius 2 is 1.66 bits per heavy atom. The molecule has 3 heterocycles. The molecule has 5 rings (SSSR count). The molecule has 0 spiro atoms. The molecule has 7 heteroatoms. The molecule has 0 bridgehead atoms. The lowest BCUT2D eigenvalue weighted by molar-refractivity contribution is -0.120. The van der Waals surface area contributed by atoms with Crippen LogP contribution in [0.4, 0.5) is 15.8 Å². The van der Waals surface area contributed by atoms with Crippen LogP contribution in [0.15, 0.2) is 66.9 Å². The van der Waals surface area contributed by atoms with Crippen molar-refractivity contribution in [3.05, 3.63) is 89.5 Å². The van der Waals surface area contributed by atoms with Gasteiger partial charge in [0.05, 0.1) is 17.3 Å². The van der Waals surface area contributed by atoms with Gasteiger partial charge >= 0.3 is 0 Å². The predicted molar refractivity (Wildman–Crippen MR) is 134 cm³/mol. The first-order valence-electron chi connectivity index (χ1n) is 12.1. The van der Waals surface area contributed by atoms with Gasteiger partial charge in [-0.3, -0.25) is 14.6 Å². The normalized spacial score (nSPS) is 16.6. The van der Waals surface area contributed by atoms with Crippen LogP contribution in [0.5, 0.6) is 0 Å². The molecule has 2 aromatic carbocycles. The summed E-state index contributed by atoms with van der Waals surface area (Å²) in [4.78, 5) is 33.7. The Labute approximate surface area is 204 Å². The van der Waals surface area contributed by atoms with Crippen LogP contribution >= 0.6 is 0 Å². The van der Waals surface area contributed by atoms with Crippen LogP contribution in [0.2, 0.25) is 0 Å². The van der Waals surface area contributed by atoms with Gasteiger partial charge in [-0.15, -0.1) is 0 Å². The van der Waals surface area contributed by atoms with Gasteiger partial charge in [0.25, 0.3) is 5.91 Å². The number of piperidine rings is 1. The van der Waals surface area contributed by atoms with Crippen molar-refractivity contribution in [3.8, 4) is 0 Å². The average molecular weight is 473 g/mol. The van der Waals surface area contributed by atoms with Crippen molar-refractivity contribution in [2.24, 2.45) is 5.92 Å². The lowest BCUT2D eigenvalue weighted by atomic mass is 9.89. The highest BCUT2D eigenvalue weighted by Gasteiger charge is 2.33. The van der Waals surface area contributed by atoms with E-state index in [1.54, 1.807) is 6.20 Å². The number of aryl methyl sites for hydroxylation is 1. The van der Waals surface area contributed by atoms with Gasteiger partial charge in [-0.05, 0) is 79.8 Å². The zero-order valence-corrected chi connectivity index (χ0v) is 19.8. The van der Waals surface area contributed by atoms with E-state index in [0.717, 1.165) is 29.9 Å². The molecule has 35 heavy (non-hydrogen) atoms. The first-order valence-corrected chi connectivity index (χ1v) is 12.1. The van der Waals surface area contributed by atoms with Gasteiger partial charge in [-0.2, -0.15) is 0 Å². The molecule has 2 aliphatic rings. The topological polar surface area (TPSA) is 65.5 Å². The van der Waals surface area contributed by atoms with E-state index in [1.165, 1.54) is 29.8 Å². The molecule has 2 amide bonds. The Hall–Kier alpha value is -3.74. The van der Waals surface area contributed by atoms with E-state index in [-0.39, 0.29) is 23.5 Å². The fraction of sp³-hybridized carbons (Fsp3) is 0.321. The molecule has 2 fully saturated rings. The Morgan fingerprint density at radius 1 is 0.971 bits per heavy atom. The maximum absolute atomic E-state index is 13.1. The minimum Gasteiger partial charge on any atom is -0.368 e. The van der Waals surface area contributed by atoms with Crippen molar-refractivity contribution in [2.45, 2.75) is 25.7 Å². The third kappa shape index (κ3) is 5.04. The largest absolute Gasteiger partial charge is 0.368 e. The molecule has 2 aliphatic heterocycles. The van der Waals surface area contributed by atoms with E-state index >= 15 is 0 Å². The summed E-state index contributed by atoms with van der Waals surface area (Å²) in [5.74, 6) is 0.00414. The summed E-state index contributed by atoms with van der Waals surface area (Å²) in [7, 11) is 0. The van der Waals surface area contributed by atoms with Gasteiger partial charge in [0, 0.05) is 43.6 Å². The number of aromatic nitrogens is 1. The van der Waals surface area contributed by atoms with Crippen LogP contribution in [0, 0.1) is 18.7 Å². The van der Waals surface area contributed by atoms with E-state index in [4.69, 9.17) is 0 Å². The number of carbonyl (C=O) groups excluding carboxylic acids is 2. The Kier molecular flexibility index (Phi) is 6.49. The summed E-state index contributed by atoms with van der Waals surface area (Å²) in [6.45, 7) is 4.73. The number of rotatable bonds is 5. The van der Waals surface area contributed by atoms with Crippen molar-refractivity contribution < 1.29 is 14.0 Å². The maximum Gasteiger partial charge on any atom is 0.253 e. The zero-order chi connectivity index (χ0) is 24.4. The fourth-order valence-corrected chi connectivity index (χ4v) is 4.92. The average Bonchev–Trinajstić information content (AvgIpc) is 2.85. The van der Waals surface area contributed by atoms with Crippen molar-refractivity contribution in [1.29, 1.82) is 0 Å². The Balaban J connectivity index is 1.10. The first kappa shape index (κ1) is 23.0. The summed E-state index contributed by atoms with van der Waals surface area (Å²) in [6.07, 6.45) is 3.54. The molecule has 0 atom stereocenters. The summed E-state index contributed by atoms with van der Waals surface area (Å²) >= 11 is 0. The third-order valence-electron chi connectivity index (χ3n) is 7.10. The van der Waals surface area contributed by atoms with E-state index in [1.807, 2.05) is 36.1 Å². The van der Waals surface area contributed by atoms with E-state index in [9.17, 15) is 14.0 Å². The molecule has 0 aliphatic carbocycles. The minimum atomic E-state index is -0.339. The van der Waals surface area contributed by atoms with Crippen LogP contribution < -0.4 is 10.2 Å². The number of amides is 2. The van der Waals surface area contributed by atoms with E-state index in [0.29, 0.717) is 37.7 Å². The lowest BCUT2D eigenvalue weighted by Crippen LogP contribution is -2.52. The second-order valence-corrected chi connectivity index (χ2v) is 9.39. The van der Waals surface area contributed by atoms with Gasteiger partial charge in [0.15, 0.2) is 0 Å². The smallest absolute Gasteiger partial charge is 0.253 e. The number of halogens is 1. The van der Waals surface area contributed by atoms with E-state index in [2.05, 4.69) is 27.3 Å². The molecule has 3 aromatic rings. The monoisotopic (exact) mass is 472 g/mol. The quantitative estimate of drug-likeness (QED) is 0.588. The number of hydrogen-bond donors (Lipinski definition) is 1. The van der Waals surface area contributed by atoms with Gasteiger partial charge in [-0.25, -0.2) is 4.39 Å². The number of anilines is 2. The third-order valence-corrected chi connectivity index (χ3v) is 7.10. The second-order valence-electron chi connectivity index (χ2n) is 9.39. The summed E-state index contributed by atoms with van der Waals surface area (Å²) in [6, 6.07) is 17.8. The number of hydrogen-bond acceptors (Lipinski definition) is 4. The summed E-state index contributed by atoms with van der Waals surface area (Å²) in [5, 5.41) is 3.04. The van der Waals surface area contributed by atoms with Gasteiger partial charge in [0.1, 0.15) is 5.82 Å². The molecule has 180 valence electrons. The van der Waals surface area contributed by atoms with E-state index < -0.39 is 0 Å². The van der Waals surface area contributed by atoms with Crippen molar-refractivity contribution in [3.63, 3.8) is 0 Å². The highest BCUT2D eigenvalue weighted by Crippen LogP contribution is 2.30. The van der Waals surface area contributed by atoms with Gasteiger partial charge in [0.2, 0.25) is 5.91 Å². The highest BCUT2D eigenvalue weighted by atomic mass is 19.1. The summed E-state index contributed by atoms with van der Waals surface area (Å²) in [5.41, 5.74) is 4.62. The second kappa shape index (κ2) is 9.86. The van der Waals surface area contributed by atoms with Crippen LogP contribution in [0.3, 0.4) is 0 Å². The fourth-order valence-electron chi connectivity index (χ4n) is 4.92. The number of nitrogens with one attached hydrogen (secondary N) is 1. The number of nitrogens with zero attached hydrogens (tertiary/aromatic N) is 3. The predicted octanol–water partition coefficient (Wildman–Crippen LogP) is 4.62. The number of benzene rings is 2. The highest BCUT2D eigenvalue weighted by molar-refractivity contribution is 5.95. The summed E-state index contributed by atoms with van der Waals surface area (Å²) < 4.78 is 13.1. The minimum absolute atomic E-state index is 0.0303. The van der Waals surface area contributed by atoms with Crippen molar-refractivity contribution in [1.82, 2.24) is 9.88 Å². The molecule has 0 saturated carbocycles. The van der Waals surface area contributed by atoms with Crippen molar-refractivity contribution >= 4 is 23.2 Å². The Morgan fingerprint density at radius 3 is 2.31 bits per heavy atom. The molecule has 0 unspecified atom stereocenters. The molecular formula is C28H29FN4O2. The van der Waals surface area contributed by atoms with Crippen LogP contribution in [0.25, 0.3) is 0 Å². The zero-order valence-electron chi connectivity index (χ0n) is 19.8. The number of likely N-dealkylation sites (tertiary alicyclic amines) is 1. The van der Waals surface area contributed by atoms with Crippen molar-refractivity contribution in [2.75, 3.05) is 36.4 Å². The lowest BCUT2D eigenvalue weighted by Gasteiger charge is -2.40. The van der Waals surface area contributed by atoms with Crippen LogP contribution in [-0.4, -0.2) is 47.9 Å². The standard InChI is InChI=1S/C28H29FN4O2/c1-19-26(3-2-14-30-19)33-17-23(18-33)27(34)31-25-10-6-20(7-11-25)21-12-15-32(16-13-21)28(35)22-4-8-24(29)9-5-22/h2-11,14,21,23H,12-13,15-18H2,1H3,(H,31,34). The first-order chi connectivity index (χ1) is 17.0. The molecular weight excluding hydrogens is 443 g/mol. The van der Waals surface area contributed by atoms with Crippen LogP contribution in [-0.2, 0) is 4.79 Å². The molecule has 2 saturated heterocycles. The SMILES string of the molecule is Cc1ncccc1N1CC(C(=O)Nc2ccc(C3CCN(C(=O)c4ccc(F)cc4)CC3)cc2)C1. The van der Waals surface area contributed by atoms with Gasteiger partial charge < -0.3 is 15.1 Å². The van der Waals surface area contributed by atoms with Crippen LogP contribution in [0.1, 0.15) is 40.4 Å². The molecule has 1 N–H and O–H groups in total. The molecule has 0 radical (unpaired) electrons. The molecule has 6 nitrogen and oxygen atoms in total. The Bertz CT molecular complexity index is 1200. The maximum atomic E-state index is 13.1. The van der Waals surface area contributed by atoms with Gasteiger partial charge in [-0.1, -0.05) is 12.1 Å². The molecule has 1 aromatic heterocycles. The number of carbonyl (C=O) groups is 2.